The molecule has 6 heteroatoms. The van der Waals surface area contributed by atoms with Crippen molar-refractivity contribution in [1.29, 1.82) is 0 Å². The molecule has 1 N–H and O–H groups in total. The van der Waals surface area contributed by atoms with E-state index < -0.39 is 0 Å². The SMILES string of the molecule is CC(=O)NC(C)c1ccc(C2CCN(c3noc(-c4ccccc4)n3)CC2)cc1. The smallest absolute Gasteiger partial charge is 0.266 e. The summed E-state index contributed by atoms with van der Waals surface area (Å²) >= 11 is 0. The van der Waals surface area contributed by atoms with Gasteiger partial charge >= 0.3 is 0 Å². The molecule has 2 heterocycles. The third-order valence-electron chi connectivity index (χ3n) is 5.54. The van der Waals surface area contributed by atoms with Crippen molar-refractivity contribution in [3.8, 4) is 11.5 Å². The molecule has 1 fully saturated rings. The first-order chi connectivity index (χ1) is 14.1. The van der Waals surface area contributed by atoms with E-state index in [2.05, 4.69) is 44.6 Å². The summed E-state index contributed by atoms with van der Waals surface area (Å²) in [5.41, 5.74) is 3.41. The third-order valence-corrected chi connectivity index (χ3v) is 5.54. The van der Waals surface area contributed by atoms with Crippen molar-refractivity contribution >= 4 is 11.9 Å². The van der Waals surface area contributed by atoms with E-state index in [0.29, 0.717) is 17.8 Å². The van der Waals surface area contributed by atoms with Crippen LogP contribution < -0.4 is 10.2 Å². The van der Waals surface area contributed by atoms with Crippen LogP contribution in [-0.4, -0.2) is 29.1 Å². The zero-order valence-corrected chi connectivity index (χ0v) is 16.8. The number of hydrogen-bond donors (Lipinski definition) is 1. The second kappa shape index (κ2) is 8.47. The third kappa shape index (κ3) is 4.47. The predicted molar refractivity (Wildman–Crippen MR) is 113 cm³/mol. The van der Waals surface area contributed by atoms with Crippen molar-refractivity contribution in [2.75, 3.05) is 18.0 Å². The van der Waals surface area contributed by atoms with Gasteiger partial charge < -0.3 is 14.7 Å². The van der Waals surface area contributed by atoms with Crippen molar-refractivity contribution < 1.29 is 9.32 Å². The van der Waals surface area contributed by atoms with Crippen LogP contribution in [0.2, 0.25) is 0 Å². The Kier molecular flexibility index (Phi) is 5.60. The van der Waals surface area contributed by atoms with Crippen LogP contribution >= 0.6 is 0 Å². The lowest BCUT2D eigenvalue weighted by atomic mass is 9.88. The molecule has 0 spiro atoms. The Hall–Kier alpha value is -3.15. The van der Waals surface area contributed by atoms with Crippen LogP contribution in [0.5, 0.6) is 0 Å². The van der Waals surface area contributed by atoms with E-state index >= 15 is 0 Å². The molecule has 1 atom stereocenters. The molecule has 1 amide bonds. The Balaban J connectivity index is 1.36. The summed E-state index contributed by atoms with van der Waals surface area (Å²) in [5, 5.41) is 7.10. The number of benzene rings is 2. The first-order valence-corrected chi connectivity index (χ1v) is 10.1. The Morgan fingerprint density at radius 3 is 2.45 bits per heavy atom. The molecular formula is C23H26N4O2. The maximum atomic E-state index is 11.2. The van der Waals surface area contributed by atoms with Crippen LogP contribution in [0, 0.1) is 0 Å². The van der Waals surface area contributed by atoms with Gasteiger partial charge in [-0.3, -0.25) is 4.79 Å². The molecule has 0 radical (unpaired) electrons. The summed E-state index contributed by atoms with van der Waals surface area (Å²) < 4.78 is 5.45. The molecular weight excluding hydrogens is 364 g/mol. The maximum absolute atomic E-state index is 11.2. The van der Waals surface area contributed by atoms with Crippen LogP contribution in [-0.2, 0) is 4.79 Å². The Bertz CT molecular complexity index is 945. The van der Waals surface area contributed by atoms with Crippen molar-refractivity contribution in [3.63, 3.8) is 0 Å². The zero-order chi connectivity index (χ0) is 20.2. The molecule has 1 aliphatic rings. The van der Waals surface area contributed by atoms with E-state index in [-0.39, 0.29) is 11.9 Å². The van der Waals surface area contributed by atoms with E-state index in [1.807, 2.05) is 37.3 Å². The van der Waals surface area contributed by atoms with Gasteiger partial charge in [0.15, 0.2) is 0 Å². The lowest BCUT2D eigenvalue weighted by Crippen LogP contribution is -2.33. The number of nitrogens with zero attached hydrogens (tertiary/aromatic N) is 3. The van der Waals surface area contributed by atoms with E-state index in [1.165, 1.54) is 5.56 Å². The molecule has 0 bridgehead atoms. The summed E-state index contributed by atoms with van der Waals surface area (Å²) in [4.78, 5) is 18.0. The molecule has 6 nitrogen and oxygen atoms in total. The van der Waals surface area contributed by atoms with Crippen LogP contribution in [0.1, 0.15) is 49.8 Å². The quantitative estimate of drug-likeness (QED) is 0.703. The second-order valence-electron chi connectivity index (χ2n) is 7.62. The highest BCUT2D eigenvalue weighted by Crippen LogP contribution is 2.31. The Morgan fingerprint density at radius 2 is 1.79 bits per heavy atom. The highest BCUT2D eigenvalue weighted by molar-refractivity contribution is 5.73. The molecule has 150 valence electrons. The van der Waals surface area contributed by atoms with Gasteiger partial charge in [-0.15, -0.1) is 0 Å². The number of anilines is 1. The Labute approximate surface area is 170 Å². The lowest BCUT2D eigenvalue weighted by molar-refractivity contribution is -0.119. The Morgan fingerprint density at radius 1 is 1.10 bits per heavy atom. The fourth-order valence-electron chi connectivity index (χ4n) is 3.90. The average Bonchev–Trinajstić information content (AvgIpc) is 3.24. The van der Waals surface area contributed by atoms with Crippen LogP contribution in [0.25, 0.3) is 11.5 Å². The summed E-state index contributed by atoms with van der Waals surface area (Å²) in [6.45, 7) is 5.36. The fourth-order valence-corrected chi connectivity index (χ4v) is 3.90. The van der Waals surface area contributed by atoms with Gasteiger partial charge in [0.05, 0.1) is 6.04 Å². The van der Waals surface area contributed by atoms with Crippen LogP contribution in [0.3, 0.4) is 0 Å². The first-order valence-electron chi connectivity index (χ1n) is 10.1. The highest BCUT2D eigenvalue weighted by Gasteiger charge is 2.24. The molecule has 2 aromatic carbocycles. The van der Waals surface area contributed by atoms with Crippen molar-refractivity contribution in [2.24, 2.45) is 0 Å². The molecule has 29 heavy (non-hydrogen) atoms. The number of carbonyl (C=O) groups is 1. The first kappa shape index (κ1) is 19.2. The largest absolute Gasteiger partial charge is 0.350 e. The van der Waals surface area contributed by atoms with Crippen LogP contribution in [0.15, 0.2) is 59.1 Å². The van der Waals surface area contributed by atoms with Crippen LogP contribution in [0.4, 0.5) is 5.95 Å². The van der Waals surface area contributed by atoms with Gasteiger partial charge in [-0.25, -0.2) is 0 Å². The van der Waals surface area contributed by atoms with E-state index in [9.17, 15) is 4.79 Å². The maximum Gasteiger partial charge on any atom is 0.266 e. The number of amides is 1. The van der Waals surface area contributed by atoms with E-state index in [0.717, 1.165) is 37.1 Å². The molecule has 0 aliphatic carbocycles. The van der Waals surface area contributed by atoms with Crippen molar-refractivity contribution in [2.45, 2.75) is 38.6 Å². The molecule has 1 unspecified atom stereocenters. The van der Waals surface area contributed by atoms with Gasteiger partial charge in [-0.1, -0.05) is 42.5 Å². The predicted octanol–water partition coefficient (Wildman–Crippen LogP) is 4.32. The minimum absolute atomic E-state index is 0.00849. The van der Waals surface area contributed by atoms with Gasteiger partial charge in [-0.2, -0.15) is 4.98 Å². The van der Waals surface area contributed by atoms with Gasteiger partial charge in [0.25, 0.3) is 11.8 Å². The van der Waals surface area contributed by atoms with Crippen molar-refractivity contribution in [1.82, 2.24) is 15.5 Å². The zero-order valence-electron chi connectivity index (χ0n) is 16.8. The summed E-state index contributed by atoms with van der Waals surface area (Å²) in [5.74, 6) is 1.75. The number of nitrogens with one attached hydrogen (secondary N) is 1. The number of rotatable bonds is 5. The minimum Gasteiger partial charge on any atom is -0.350 e. The van der Waals surface area contributed by atoms with E-state index in [1.54, 1.807) is 6.92 Å². The van der Waals surface area contributed by atoms with Gasteiger partial charge in [-0.05, 0) is 54.1 Å². The fraction of sp³-hybridized carbons (Fsp3) is 0.348. The number of hydrogen-bond acceptors (Lipinski definition) is 5. The normalized spacial score (nSPS) is 15.9. The molecule has 1 saturated heterocycles. The highest BCUT2D eigenvalue weighted by atomic mass is 16.5. The summed E-state index contributed by atoms with van der Waals surface area (Å²) in [6.07, 6.45) is 2.10. The molecule has 4 rings (SSSR count). The number of carbonyl (C=O) groups excluding carboxylic acids is 1. The molecule has 1 aliphatic heterocycles. The van der Waals surface area contributed by atoms with E-state index in [4.69, 9.17) is 4.52 Å². The molecule has 0 saturated carbocycles. The molecule has 1 aromatic heterocycles. The monoisotopic (exact) mass is 390 g/mol. The average molecular weight is 390 g/mol. The number of aromatic nitrogens is 2. The number of piperidine rings is 1. The van der Waals surface area contributed by atoms with Crippen molar-refractivity contribution in [3.05, 3.63) is 65.7 Å². The van der Waals surface area contributed by atoms with Gasteiger partial charge in [0.2, 0.25) is 5.91 Å². The topological polar surface area (TPSA) is 71.3 Å². The standard InChI is InChI=1S/C23H26N4O2/c1-16(24-17(2)28)18-8-10-19(11-9-18)20-12-14-27(15-13-20)23-25-22(29-26-23)21-6-4-3-5-7-21/h3-11,16,20H,12-15H2,1-2H3,(H,24,28). The second-order valence-corrected chi connectivity index (χ2v) is 7.62. The summed E-state index contributed by atoms with van der Waals surface area (Å²) in [6, 6.07) is 18.5. The van der Waals surface area contributed by atoms with Gasteiger partial charge in [0.1, 0.15) is 0 Å². The minimum atomic E-state index is -0.00849. The molecule has 3 aromatic rings. The lowest BCUT2D eigenvalue weighted by Gasteiger charge is -2.31. The summed E-state index contributed by atoms with van der Waals surface area (Å²) in [7, 11) is 0. The van der Waals surface area contributed by atoms with Gasteiger partial charge in [0, 0.05) is 25.6 Å².